The molecular formula is C13H18O3S. The van der Waals surface area contributed by atoms with Crippen LogP contribution in [0.25, 0.3) is 0 Å². The van der Waals surface area contributed by atoms with Crippen molar-refractivity contribution in [2.75, 3.05) is 12.0 Å². The first-order valence-electron chi connectivity index (χ1n) is 5.60. The Morgan fingerprint density at radius 1 is 1.35 bits per heavy atom. The summed E-state index contributed by atoms with van der Waals surface area (Å²) < 4.78 is 16.1. The maximum atomic E-state index is 11.6. The Bertz CT molecular complexity index is 376. The van der Waals surface area contributed by atoms with Crippen LogP contribution in [0.3, 0.4) is 0 Å². The fraction of sp³-hybridized carbons (Fsp3) is 0.462. The molecule has 0 saturated heterocycles. The molecule has 0 N–H and O–H groups in total. The summed E-state index contributed by atoms with van der Waals surface area (Å²) >= 11 is 0. The first-order valence-corrected chi connectivity index (χ1v) is 7.33. The van der Waals surface area contributed by atoms with Crippen LogP contribution in [0.2, 0.25) is 0 Å². The minimum absolute atomic E-state index is 0.192. The SMILES string of the molecule is C[C@@H](CCS(C)=O)C(=O)OCc1ccccc1. The van der Waals surface area contributed by atoms with Gasteiger partial charge >= 0.3 is 5.97 Å². The summed E-state index contributed by atoms with van der Waals surface area (Å²) in [4.78, 5) is 11.6. The highest BCUT2D eigenvalue weighted by Crippen LogP contribution is 2.08. The van der Waals surface area contributed by atoms with Crippen LogP contribution in [0.5, 0.6) is 0 Å². The zero-order chi connectivity index (χ0) is 12.7. The van der Waals surface area contributed by atoms with Crippen molar-refractivity contribution in [1.29, 1.82) is 0 Å². The molecule has 1 unspecified atom stereocenters. The molecule has 0 radical (unpaired) electrons. The van der Waals surface area contributed by atoms with E-state index in [2.05, 4.69) is 0 Å². The summed E-state index contributed by atoms with van der Waals surface area (Å²) in [5.74, 6) is 0.128. The molecule has 94 valence electrons. The van der Waals surface area contributed by atoms with E-state index in [4.69, 9.17) is 4.74 Å². The lowest BCUT2D eigenvalue weighted by Gasteiger charge is -2.10. The molecule has 0 fully saturated rings. The highest BCUT2D eigenvalue weighted by molar-refractivity contribution is 7.84. The van der Waals surface area contributed by atoms with Gasteiger partial charge in [-0.05, 0) is 12.0 Å². The number of hydrogen-bond acceptors (Lipinski definition) is 3. The molecule has 0 aliphatic rings. The molecule has 0 aliphatic heterocycles. The molecule has 0 amide bonds. The minimum atomic E-state index is -0.850. The molecule has 0 heterocycles. The predicted octanol–water partition coefficient (Wildman–Crippen LogP) is 2.13. The van der Waals surface area contributed by atoms with Crippen molar-refractivity contribution >= 4 is 16.8 Å². The molecule has 1 rings (SSSR count). The topological polar surface area (TPSA) is 43.4 Å². The van der Waals surface area contributed by atoms with Crippen LogP contribution in [0.15, 0.2) is 30.3 Å². The first-order chi connectivity index (χ1) is 8.09. The Morgan fingerprint density at radius 3 is 2.59 bits per heavy atom. The predicted molar refractivity (Wildman–Crippen MR) is 69.0 cm³/mol. The summed E-state index contributed by atoms with van der Waals surface area (Å²) in [5.41, 5.74) is 0.979. The number of benzene rings is 1. The lowest BCUT2D eigenvalue weighted by Crippen LogP contribution is -2.16. The van der Waals surface area contributed by atoms with E-state index in [1.807, 2.05) is 30.3 Å². The summed E-state index contributed by atoms with van der Waals surface area (Å²) in [6.07, 6.45) is 2.25. The third-order valence-electron chi connectivity index (χ3n) is 2.46. The smallest absolute Gasteiger partial charge is 0.309 e. The minimum Gasteiger partial charge on any atom is -0.461 e. The van der Waals surface area contributed by atoms with Gasteiger partial charge in [0.25, 0.3) is 0 Å². The number of carbonyl (C=O) groups excluding carboxylic acids is 1. The molecule has 0 aromatic heterocycles. The Kier molecular flexibility index (Phi) is 5.91. The van der Waals surface area contributed by atoms with Crippen molar-refractivity contribution in [3.63, 3.8) is 0 Å². The van der Waals surface area contributed by atoms with E-state index in [0.29, 0.717) is 18.8 Å². The number of esters is 1. The molecule has 3 nitrogen and oxygen atoms in total. The summed E-state index contributed by atoms with van der Waals surface area (Å²) in [6.45, 7) is 2.11. The summed E-state index contributed by atoms with van der Waals surface area (Å²) in [5, 5.41) is 0. The van der Waals surface area contributed by atoms with Gasteiger partial charge in [-0.15, -0.1) is 0 Å². The fourth-order valence-electron chi connectivity index (χ4n) is 1.33. The average molecular weight is 254 g/mol. The van der Waals surface area contributed by atoms with Crippen LogP contribution in [0.1, 0.15) is 18.9 Å². The molecule has 0 aliphatic carbocycles. The van der Waals surface area contributed by atoms with Crippen molar-refractivity contribution in [2.24, 2.45) is 5.92 Å². The lowest BCUT2D eigenvalue weighted by atomic mass is 10.1. The maximum absolute atomic E-state index is 11.6. The fourth-order valence-corrected chi connectivity index (χ4v) is 2.02. The van der Waals surface area contributed by atoms with Gasteiger partial charge in [-0.25, -0.2) is 0 Å². The van der Waals surface area contributed by atoms with Gasteiger partial charge in [-0.3, -0.25) is 9.00 Å². The second-order valence-corrected chi connectivity index (χ2v) is 5.61. The lowest BCUT2D eigenvalue weighted by molar-refractivity contribution is -0.149. The van der Waals surface area contributed by atoms with Gasteiger partial charge in [0.15, 0.2) is 0 Å². The molecular weight excluding hydrogens is 236 g/mol. The number of carbonyl (C=O) groups is 1. The Hall–Kier alpha value is -1.16. The quantitative estimate of drug-likeness (QED) is 0.730. The van der Waals surface area contributed by atoms with Gasteiger partial charge in [0.05, 0.1) is 5.92 Å². The monoisotopic (exact) mass is 254 g/mol. The number of rotatable bonds is 6. The largest absolute Gasteiger partial charge is 0.461 e. The zero-order valence-electron chi connectivity index (χ0n) is 10.2. The molecule has 1 aromatic carbocycles. The average Bonchev–Trinajstić information content (AvgIpc) is 2.34. The van der Waals surface area contributed by atoms with E-state index >= 15 is 0 Å². The number of ether oxygens (including phenoxy) is 1. The van der Waals surface area contributed by atoms with Crippen molar-refractivity contribution in [1.82, 2.24) is 0 Å². The molecule has 0 bridgehead atoms. The van der Waals surface area contributed by atoms with Crippen LogP contribution in [0, 0.1) is 5.92 Å². The molecule has 4 heteroatoms. The van der Waals surface area contributed by atoms with Crippen molar-refractivity contribution in [3.05, 3.63) is 35.9 Å². The van der Waals surface area contributed by atoms with Crippen LogP contribution < -0.4 is 0 Å². The standard InChI is InChI=1S/C13H18O3S/c1-11(8-9-17(2)15)13(14)16-10-12-6-4-3-5-7-12/h3-7,11H,8-10H2,1-2H3/t11-,17?/m0/s1. The second-order valence-electron chi connectivity index (χ2n) is 4.06. The van der Waals surface area contributed by atoms with Crippen LogP contribution >= 0.6 is 0 Å². The highest BCUT2D eigenvalue weighted by atomic mass is 32.2. The van der Waals surface area contributed by atoms with E-state index < -0.39 is 10.8 Å². The van der Waals surface area contributed by atoms with Gasteiger partial charge in [0.1, 0.15) is 6.61 Å². The van der Waals surface area contributed by atoms with Gasteiger partial charge in [-0.2, -0.15) is 0 Å². The van der Waals surface area contributed by atoms with Crippen LogP contribution in [-0.2, 0) is 26.9 Å². The van der Waals surface area contributed by atoms with Crippen LogP contribution in [0.4, 0.5) is 0 Å². The van der Waals surface area contributed by atoms with Crippen molar-refractivity contribution in [2.45, 2.75) is 20.0 Å². The van der Waals surface area contributed by atoms with E-state index in [9.17, 15) is 9.00 Å². The van der Waals surface area contributed by atoms with Gasteiger partial charge in [0.2, 0.25) is 0 Å². The normalized spacial score (nSPS) is 14.0. The molecule has 0 saturated carbocycles. The summed E-state index contributed by atoms with van der Waals surface area (Å²) in [6, 6.07) is 9.57. The van der Waals surface area contributed by atoms with E-state index in [1.54, 1.807) is 13.2 Å². The first kappa shape index (κ1) is 13.9. The second kappa shape index (κ2) is 7.22. The molecule has 2 atom stereocenters. The Morgan fingerprint density at radius 2 is 2.00 bits per heavy atom. The highest BCUT2D eigenvalue weighted by Gasteiger charge is 2.14. The van der Waals surface area contributed by atoms with Gasteiger partial charge in [-0.1, -0.05) is 37.3 Å². The third-order valence-corrected chi connectivity index (χ3v) is 3.28. The summed E-state index contributed by atoms with van der Waals surface area (Å²) in [7, 11) is -0.850. The van der Waals surface area contributed by atoms with Crippen molar-refractivity contribution < 1.29 is 13.7 Å². The maximum Gasteiger partial charge on any atom is 0.309 e. The van der Waals surface area contributed by atoms with Crippen LogP contribution in [-0.4, -0.2) is 22.2 Å². The van der Waals surface area contributed by atoms with Crippen molar-refractivity contribution in [3.8, 4) is 0 Å². The Balaban J connectivity index is 2.32. The zero-order valence-corrected chi connectivity index (χ0v) is 11.0. The van der Waals surface area contributed by atoms with Gasteiger partial charge < -0.3 is 4.74 Å². The Labute approximate surface area is 105 Å². The van der Waals surface area contributed by atoms with Gasteiger partial charge in [0, 0.05) is 22.8 Å². The van der Waals surface area contributed by atoms with E-state index in [0.717, 1.165) is 5.56 Å². The van der Waals surface area contributed by atoms with E-state index in [-0.39, 0.29) is 11.9 Å². The molecule has 0 spiro atoms. The number of hydrogen-bond donors (Lipinski definition) is 0. The molecule has 17 heavy (non-hydrogen) atoms. The third kappa shape index (κ3) is 5.63. The van der Waals surface area contributed by atoms with E-state index in [1.165, 1.54) is 0 Å². The molecule has 1 aromatic rings.